The molecule has 0 aromatic carbocycles. The molecule has 1 N–H and O–H groups in total. The molecular formula is C14H21N3O. The number of amides is 1. The highest BCUT2D eigenvalue weighted by Gasteiger charge is 2.29. The highest BCUT2D eigenvalue weighted by atomic mass is 16.2. The lowest BCUT2D eigenvalue weighted by Crippen LogP contribution is -2.28. The van der Waals surface area contributed by atoms with Gasteiger partial charge in [0, 0.05) is 31.8 Å². The van der Waals surface area contributed by atoms with Crippen molar-refractivity contribution in [1.29, 1.82) is 0 Å². The summed E-state index contributed by atoms with van der Waals surface area (Å²) in [4.78, 5) is 18.0. The van der Waals surface area contributed by atoms with Gasteiger partial charge in [-0.3, -0.25) is 4.79 Å². The number of hydrogen-bond donors (Lipinski definition) is 1. The molecule has 1 aromatic heterocycles. The quantitative estimate of drug-likeness (QED) is 0.889. The number of anilines is 1. The van der Waals surface area contributed by atoms with Crippen LogP contribution in [-0.4, -0.2) is 28.9 Å². The van der Waals surface area contributed by atoms with E-state index in [1.807, 2.05) is 11.0 Å². The molecule has 1 aliphatic heterocycles. The summed E-state index contributed by atoms with van der Waals surface area (Å²) in [5.74, 6) is 1.08. The summed E-state index contributed by atoms with van der Waals surface area (Å²) in [6.45, 7) is 5.56. The van der Waals surface area contributed by atoms with Crippen LogP contribution in [0.15, 0.2) is 18.3 Å². The maximum atomic E-state index is 11.6. The second-order valence-electron chi connectivity index (χ2n) is 4.74. The molecule has 0 radical (unpaired) electrons. The lowest BCUT2D eigenvalue weighted by molar-refractivity contribution is -0.129. The number of likely N-dealkylation sites (tertiary alicyclic amines) is 1. The Bertz CT molecular complexity index is 419. The Morgan fingerprint density at radius 3 is 3.17 bits per heavy atom. The van der Waals surface area contributed by atoms with Gasteiger partial charge in [-0.2, -0.15) is 0 Å². The number of carbonyl (C=O) groups excluding carboxylic acids is 1. The summed E-state index contributed by atoms with van der Waals surface area (Å²) < 4.78 is 0. The molecule has 4 nitrogen and oxygen atoms in total. The predicted molar refractivity (Wildman–Crippen MR) is 72.4 cm³/mol. The molecule has 18 heavy (non-hydrogen) atoms. The van der Waals surface area contributed by atoms with Crippen LogP contribution in [0.3, 0.4) is 0 Å². The standard InChI is InChI=1S/C14H21N3O/c1-3-8-15-14-12(6-4-9-16-14)13-7-5-10-17(13)11(2)18/h4,6,9,13H,3,5,7-8,10H2,1-2H3,(H,15,16)/t13-/m1/s1. The zero-order chi connectivity index (χ0) is 13.0. The lowest BCUT2D eigenvalue weighted by atomic mass is 10.1. The average molecular weight is 247 g/mol. The van der Waals surface area contributed by atoms with E-state index in [2.05, 4.69) is 23.3 Å². The van der Waals surface area contributed by atoms with Crippen molar-refractivity contribution in [3.63, 3.8) is 0 Å². The zero-order valence-corrected chi connectivity index (χ0v) is 11.1. The van der Waals surface area contributed by atoms with Gasteiger partial charge in [-0.25, -0.2) is 4.98 Å². The fourth-order valence-corrected chi connectivity index (χ4v) is 2.54. The summed E-state index contributed by atoms with van der Waals surface area (Å²) >= 11 is 0. The summed E-state index contributed by atoms with van der Waals surface area (Å²) in [6, 6.07) is 4.22. The highest BCUT2D eigenvalue weighted by molar-refractivity contribution is 5.74. The van der Waals surface area contributed by atoms with Gasteiger partial charge in [0.25, 0.3) is 0 Å². The molecule has 2 heterocycles. The van der Waals surface area contributed by atoms with Crippen molar-refractivity contribution in [2.24, 2.45) is 0 Å². The summed E-state index contributed by atoms with van der Waals surface area (Å²) in [6.07, 6.45) is 4.98. The van der Waals surface area contributed by atoms with Gasteiger partial charge in [0.2, 0.25) is 5.91 Å². The highest BCUT2D eigenvalue weighted by Crippen LogP contribution is 2.34. The first-order chi connectivity index (χ1) is 8.74. The Morgan fingerprint density at radius 1 is 1.61 bits per heavy atom. The molecule has 1 aromatic rings. The van der Waals surface area contributed by atoms with E-state index in [-0.39, 0.29) is 11.9 Å². The number of pyridine rings is 1. The Hall–Kier alpha value is -1.58. The van der Waals surface area contributed by atoms with E-state index < -0.39 is 0 Å². The fraction of sp³-hybridized carbons (Fsp3) is 0.571. The van der Waals surface area contributed by atoms with Crippen LogP contribution < -0.4 is 5.32 Å². The molecule has 1 saturated heterocycles. The molecule has 0 saturated carbocycles. The van der Waals surface area contributed by atoms with Crippen LogP contribution in [0.5, 0.6) is 0 Å². The third kappa shape index (κ3) is 2.63. The van der Waals surface area contributed by atoms with Crippen LogP contribution in [0.2, 0.25) is 0 Å². The van der Waals surface area contributed by atoms with Crippen molar-refractivity contribution in [3.8, 4) is 0 Å². The van der Waals surface area contributed by atoms with Crippen LogP contribution in [0.1, 0.15) is 44.7 Å². The molecule has 0 bridgehead atoms. The monoisotopic (exact) mass is 247 g/mol. The van der Waals surface area contributed by atoms with Crippen molar-refractivity contribution in [3.05, 3.63) is 23.9 Å². The molecule has 1 fully saturated rings. The molecule has 0 spiro atoms. The molecule has 1 aliphatic rings. The average Bonchev–Trinajstić information content (AvgIpc) is 2.86. The lowest BCUT2D eigenvalue weighted by Gasteiger charge is -2.25. The van der Waals surface area contributed by atoms with Crippen LogP contribution in [0.25, 0.3) is 0 Å². The SMILES string of the molecule is CCCNc1ncccc1[C@H]1CCCN1C(C)=O. The Labute approximate surface area is 108 Å². The normalized spacial score (nSPS) is 19.0. The number of hydrogen-bond acceptors (Lipinski definition) is 3. The summed E-state index contributed by atoms with van der Waals surface area (Å²) in [5, 5.41) is 3.35. The Kier molecular flexibility index (Phi) is 4.18. The minimum atomic E-state index is 0.155. The van der Waals surface area contributed by atoms with Crippen molar-refractivity contribution in [2.45, 2.75) is 39.2 Å². The van der Waals surface area contributed by atoms with E-state index in [1.165, 1.54) is 0 Å². The van der Waals surface area contributed by atoms with E-state index in [0.717, 1.165) is 43.7 Å². The third-order valence-corrected chi connectivity index (χ3v) is 3.40. The molecule has 98 valence electrons. The third-order valence-electron chi connectivity index (χ3n) is 3.40. The minimum Gasteiger partial charge on any atom is -0.370 e. The van der Waals surface area contributed by atoms with Crippen LogP contribution in [0, 0.1) is 0 Å². The van der Waals surface area contributed by atoms with Gasteiger partial charge < -0.3 is 10.2 Å². The topological polar surface area (TPSA) is 45.2 Å². The number of nitrogens with zero attached hydrogens (tertiary/aromatic N) is 2. The van der Waals surface area contributed by atoms with Gasteiger partial charge in [0.1, 0.15) is 5.82 Å². The van der Waals surface area contributed by atoms with E-state index in [1.54, 1.807) is 13.1 Å². The van der Waals surface area contributed by atoms with Crippen molar-refractivity contribution in [1.82, 2.24) is 9.88 Å². The number of nitrogens with one attached hydrogen (secondary N) is 1. The van der Waals surface area contributed by atoms with Crippen molar-refractivity contribution < 1.29 is 4.79 Å². The first-order valence-corrected chi connectivity index (χ1v) is 6.70. The molecule has 1 amide bonds. The number of rotatable bonds is 4. The van der Waals surface area contributed by atoms with Gasteiger partial charge in [0.15, 0.2) is 0 Å². The number of aromatic nitrogens is 1. The second kappa shape index (κ2) is 5.85. The second-order valence-corrected chi connectivity index (χ2v) is 4.74. The first-order valence-electron chi connectivity index (χ1n) is 6.70. The molecule has 4 heteroatoms. The number of carbonyl (C=O) groups is 1. The van der Waals surface area contributed by atoms with Crippen LogP contribution in [-0.2, 0) is 4.79 Å². The molecule has 2 rings (SSSR count). The van der Waals surface area contributed by atoms with Gasteiger partial charge >= 0.3 is 0 Å². The largest absolute Gasteiger partial charge is 0.370 e. The molecule has 0 unspecified atom stereocenters. The Balaban J connectivity index is 2.23. The molecule has 1 atom stereocenters. The predicted octanol–water partition coefficient (Wildman–Crippen LogP) is 2.59. The van der Waals surface area contributed by atoms with Gasteiger partial charge in [-0.05, 0) is 25.3 Å². The van der Waals surface area contributed by atoms with Gasteiger partial charge in [-0.1, -0.05) is 13.0 Å². The first kappa shape index (κ1) is 12.9. The van der Waals surface area contributed by atoms with E-state index in [0.29, 0.717) is 0 Å². The van der Waals surface area contributed by atoms with E-state index in [4.69, 9.17) is 0 Å². The van der Waals surface area contributed by atoms with Crippen molar-refractivity contribution in [2.75, 3.05) is 18.4 Å². The van der Waals surface area contributed by atoms with Crippen molar-refractivity contribution >= 4 is 11.7 Å². The molecular weight excluding hydrogens is 226 g/mol. The maximum Gasteiger partial charge on any atom is 0.219 e. The van der Waals surface area contributed by atoms with E-state index >= 15 is 0 Å². The maximum absolute atomic E-state index is 11.6. The minimum absolute atomic E-state index is 0.155. The van der Waals surface area contributed by atoms with Crippen LogP contribution >= 0.6 is 0 Å². The van der Waals surface area contributed by atoms with E-state index in [9.17, 15) is 4.79 Å². The van der Waals surface area contributed by atoms with Gasteiger partial charge in [0.05, 0.1) is 6.04 Å². The summed E-state index contributed by atoms with van der Waals surface area (Å²) in [7, 11) is 0. The summed E-state index contributed by atoms with van der Waals surface area (Å²) in [5.41, 5.74) is 1.15. The van der Waals surface area contributed by atoms with Crippen LogP contribution in [0.4, 0.5) is 5.82 Å². The van der Waals surface area contributed by atoms with Gasteiger partial charge in [-0.15, -0.1) is 0 Å². The smallest absolute Gasteiger partial charge is 0.219 e. The Morgan fingerprint density at radius 2 is 2.44 bits per heavy atom. The fourth-order valence-electron chi connectivity index (χ4n) is 2.54. The molecule has 0 aliphatic carbocycles. The zero-order valence-electron chi connectivity index (χ0n) is 11.1.